The monoisotopic (exact) mass is 348 g/mol. The van der Waals surface area contributed by atoms with Gasteiger partial charge in [0, 0.05) is 38.9 Å². The molecular formula is C19H36N6. The molecule has 0 bridgehead atoms. The number of piperidine rings is 1. The highest BCUT2D eigenvalue weighted by Crippen LogP contribution is 2.15. The second-order valence-electron chi connectivity index (χ2n) is 7.55. The van der Waals surface area contributed by atoms with Gasteiger partial charge in [0.1, 0.15) is 0 Å². The number of nitrogens with zero attached hydrogens (tertiary/aromatic N) is 4. The van der Waals surface area contributed by atoms with Crippen LogP contribution in [0.3, 0.4) is 0 Å². The number of guanidine groups is 1. The second kappa shape index (κ2) is 9.22. The predicted molar refractivity (Wildman–Crippen MR) is 105 cm³/mol. The van der Waals surface area contributed by atoms with Crippen molar-refractivity contribution in [1.29, 1.82) is 0 Å². The van der Waals surface area contributed by atoms with E-state index >= 15 is 0 Å². The molecule has 1 aliphatic rings. The second-order valence-corrected chi connectivity index (χ2v) is 7.55. The third kappa shape index (κ3) is 5.73. The Labute approximate surface area is 153 Å². The van der Waals surface area contributed by atoms with E-state index in [1.807, 2.05) is 18.8 Å². The summed E-state index contributed by atoms with van der Waals surface area (Å²) in [6.07, 6.45) is 3.61. The van der Waals surface area contributed by atoms with Crippen molar-refractivity contribution in [2.45, 2.75) is 53.0 Å². The SMILES string of the molecule is CN=C(NCCN1CCC(C)CC1)NC(C)Cc1c(C)nn(C)c1C. The molecule has 0 saturated carbocycles. The Morgan fingerprint density at radius 2 is 2.00 bits per heavy atom. The van der Waals surface area contributed by atoms with Crippen LogP contribution in [0.4, 0.5) is 0 Å². The van der Waals surface area contributed by atoms with E-state index in [0.717, 1.165) is 37.1 Å². The molecule has 2 rings (SSSR count). The van der Waals surface area contributed by atoms with Crippen LogP contribution in [-0.4, -0.2) is 59.9 Å². The lowest BCUT2D eigenvalue weighted by Gasteiger charge is -2.30. The maximum absolute atomic E-state index is 4.51. The Kier molecular flexibility index (Phi) is 7.29. The maximum Gasteiger partial charge on any atom is 0.191 e. The van der Waals surface area contributed by atoms with E-state index in [9.17, 15) is 0 Å². The van der Waals surface area contributed by atoms with Gasteiger partial charge in [0.15, 0.2) is 5.96 Å². The minimum atomic E-state index is 0.309. The quantitative estimate of drug-likeness (QED) is 0.609. The van der Waals surface area contributed by atoms with Crippen LogP contribution in [0.1, 0.15) is 43.6 Å². The fourth-order valence-electron chi connectivity index (χ4n) is 3.52. The van der Waals surface area contributed by atoms with Gasteiger partial charge in [0.05, 0.1) is 5.69 Å². The molecule has 25 heavy (non-hydrogen) atoms. The third-order valence-corrected chi connectivity index (χ3v) is 5.37. The summed E-state index contributed by atoms with van der Waals surface area (Å²) in [7, 11) is 3.84. The van der Waals surface area contributed by atoms with Crippen LogP contribution < -0.4 is 10.6 Å². The fourth-order valence-corrected chi connectivity index (χ4v) is 3.52. The molecule has 142 valence electrons. The first-order valence-corrected chi connectivity index (χ1v) is 9.59. The lowest BCUT2D eigenvalue weighted by molar-refractivity contribution is 0.195. The first-order chi connectivity index (χ1) is 11.9. The fraction of sp³-hybridized carbons (Fsp3) is 0.789. The molecule has 1 aliphatic heterocycles. The molecule has 1 unspecified atom stereocenters. The zero-order chi connectivity index (χ0) is 18.4. The zero-order valence-electron chi connectivity index (χ0n) is 16.9. The summed E-state index contributed by atoms with van der Waals surface area (Å²) in [5, 5.41) is 11.5. The lowest BCUT2D eigenvalue weighted by Crippen LogP contribution is -2.46. The average Bonchev–Trinajstić information content (AvgIpc) is 2.82. The number of aliphatic imine (C=N–C) groups is 1. The van der Waals surface area contributed by atoms with Crippen LogP contribution in [-0.2, 0) is 13.5 Å². The van der Waals surface area contributed by atoms with Gasteiger partial charge in [-0.15, -0.1) is 0 Å². The standard InChI is InChI=1S/C19H36N6/c1-14-7-10-25(11-8-14)12-9-21-19(20-5)22-15(2)13-18-16(3)23-24(6)17(18)4/h14-15H,7-13H2,1-6H3,(H2,20,21,22). The van der Waals surface area contributed by atoms with E-state index in [-0.39, 0.29) is 0 Å². The third-order valence-electron chi connectivity index (χ3n) is 5.37. The maximum atomic E-state index is 4.51. The molecule has 2 N–H and O–H groups in total. The smallest absolute Gasteiger partial charge is 0.191 e. The summed E-state index contributed by atoms with van der Waals surface area (Å²) in [4.78, 5) is 6.92. The number of aromatic nitrogens is 2. The molecule has 6 heteroatoms. The predicted octanol–water partition coefficient (Wildman–Crippen LogP) is 1.86. The molecule has 6 nitrogen and oxygen atoms in total. The van der Waals surface area contributed by atoms with Gasteiger partial charge in [-0.3, -0.25) is 9.67 Å². The molecule has 0 aromatic carbocycles. The van der Waals surface area contributed by atoms with Gasteiger partial charge in [-0.25, -0.2) is 0 Å². The van der Waals surface area contributed by atoms with E-state index in [2.05, 4.69) is 53.3 Å². The van der Waals surface area contributed by atoms with Gasteiger partial charge in [0.2, 0.25) is 0 Å². The summed E-state index contributed by atoms with van der Waals surface area (Å²) in [5.41, 5.74) is 3.70. The summed E-state index contributed by atoms with van der Waals surface area (Å²) < 4.78 is 1.96. The number of hydrogen-bond acceptors (Lipinski definition) is 3. The van der Waals surface area contributed by atoms with Gasteiger partial charge in [-0.1, -0.05) is 6.92 Å². The molecule has 2 heterocycles. The van der Waals surface area contributed by atoms with Crippen LogP contribution >= 0.6 is 0 Å². The average molecular weight is 349 g/mol. The van der Waals surface area contributed by atoms with Gasteiger partial charge in [-0.05, 0) is 64.6 Å². The van der Waals surface area contributed by atoms with Gasteiger partial charge in [0.25, 0.3) is 0 Å². The first kappa shape index (κ1) is 19.8. The number of nitrogens with one attached hydrogen (secondary N) is 2. The highest BCUT2D eigenvalue weighted by Gasteiger charge is 2.16. The minimum Gasteiger partial charge on any atom is -0.355 e. The Morgan fingerprint density at radius 3 is 2.56 bits per heavy atom. The van der Waals surface area contributed by atoms with Crippen LogP contribution in [0.2, 0.25) is 0 Å². The van der Waals surface area contributed by atoms with Crippen LogP contribution in [0.25, 0.3) is 0 Å². The van der Waals surface area contributed by atoms with E-state index < -0.39 is 0 Å². The Balaban J connectivity index is 1.75. The number of likely N-dealkylation sites (tertiary alicyclic amines) is 1. The zero-order valence-corrected chi connectivity index (χ0v) is 16.9. The van der Waals surface area contributed by atoms with Crippen LogP contribution in [0.5, 0.6) is 0 Å². The largest absolute Gasteiger partial charge is 0.355 e. The van der Waals surface area contributed by atoms with Crippen molar-refractivity contribution in [3.8, 4) is 0 Å². The van der Waals surface area contributed by atoms with Crippen molar-refractivity contribution in [1.82, 2.24) is 25.3 Å². The van der Waals surface area contributed by atoms with Crippen molar-refractivity contribution in [3.63, 3.8) is 0 Å². The van der Waals surface area contributed by atoms with E-state index in [0.29, 0.717) is 6.04 Å². The summed E-state index contributed by atoms with van der Waals surface area (Å²) >= 11 is 0. The molecule has 1 fully saturated rings. The minimum absolute atomic E-state index is 0.309. The Morgan fingerprint density at radius 1 is 1.32 bits per heavy atom. The van der Waals surface area contributed by atoms with Gasteiger partial charge >= 0.3 is 0 Å². The van der Waals surface area contributed by atoms with Crippen molar-refractivity contribution in [2.24, 2.45) is 18.0 Å². The molecule has 1 aromatic heterocycles. The van der Waals surface area contributed by atoms with Gasteiger partial charge < -0.3 is 15.5 Å². The first-order valence-electron chi connectivity index (χ1n) is 9.59. The van der Waals surface area contributed by atoms with Crippen molar-refractivity contribution in [2.75, 3.05) is 33.2 Å². The van der Waals surface area contributed by atoms with E-state index in [1.165, 1.54) is 37.2 Å². The number of hydrogen-bond donors (Lipinski definition) is 2. The van der Waals surface area contributed by atoms with Gasteiger partial charge in [-0.2, -0.15) is 5.10 Å². The highest BCUT2D eigenvalue weighted by molar-refractivity contribution is 5.79. The van der Waals surface area contributed by atoms with E-state index in [4.69, 9.17) is 0 Å². The van der Waals surface area contributed by atoms with Crippen molar-refractivity contribution < 1.29 is 0 Å². The lowest BCUT2D eigenvalue weighted by atomic mass is 9.99. The number of rotatable bonds is 6. The van der Waals surface area contributed by atoms with Crippen LogP contribution in [0.15, 0.2) is 4.99 Å². The highest BCUT2D eigenvalue weighted by atomic mass is 15.3. The number of aryl methyl sites for hydroxylation is 2. The van der Waals surface area contributed by atoms with Crippen molar-refractivity contribution in [3.05, 3.63) is 17.0 Å². The summed E-state index contributed by atoms with van der Waals surface area (Å²) in [6, 6.07) is 0.309. The summed E-state index contributed by atoms with van der Waals surface area (Å²) in [5.74, 6) is 1.77. The molecule has 0 spiro atoms. The normalized spacial score (nSPS) is 18.4. The molecule has 1 atom stereocenters. The Bertz CT molecular complexity index is 569. The molecular weight excluding hydrogens is 312 g/mol. The molecule has 1 aromatic rings. The van der Waals surface area contributed by atoms with Crippen molar-refractivity contribution >= 4 is 5.96 Å². The molecule has 1 saturated heterocycles. The van der Waals surface area contributed by atoms with E-state index in [1.54, 1.807) is 0 Å². The summed E-state index contributed by atoms with van der Waals surface area (Å²) in [6.45, 7) is 13.2. The molecule has 0 amide bonds. The molecule has 0 aliphatic carbocycles. The Hall–Kier alpha value is -1.56. The molecule has 0 radical (unpaired) electrons. The topological polar surface area (TPSA) is 57.5 Å². The van der Waals surface area contributed by atoms with Crippen LogP contribution in [0, 0.1) is 19.8 Å².